The molecule has 1 saturated heterocycles. The fraction of sp³-hybridized carbons (Fsp3) is 0.533. The van der Waals surface area contributed by atoms with E-state index in [2.05, 4.69) is 6.07 Å². The van der Waals surface area contributed by atoms with Crippen LogP contribution in [-0.4, -0.2) is 18.3 Å². The van der Waals surface area contributed by atoms with Gasteiger partial charge in [-0.2, -0.15) is 5.26 Å². The van der Waals surface area contributed by atoms with Gasteiger partial charge in [-0.25, -0.2) is 4.39 Å². The van der Waals surface area contributed by atoms with Crippen LogP contribution in [-0.2, 0) is 10.3 Å². The van der Waals surface area contributed by atoms with Gasteiger partial charge >= 0.3 is 0 Å². The van der Waals surface area contributed by atoms with Crippen LogP contribution in [0.4, 0.5) is 4.39 Å². The molecule has 1 aliphatic heterocycles. The number of rotatable bonds is 3. The minimum atomic E-state index is -1.34. The molecular formula is C15H18FNO2. The largest absolute Gasteiger partial charge is 0.383 e. The molecule has 1 atom stereocenters. The summed E-state index contributed by atoms with van der Waals surface area (Å²) >= 11 is 0. The zero-order valence-corrected chi connectivity index (χ0v) is 11.0. The van der Waals surface area contributed by atoms with Crippen LogP contribution in [0.15, 0.2) is 24.3 Å². The van der Waals surface area contributed by atoms with Crippen LogP contribution >= 0.6 is 0 Å². The number of aliphatic hydroxyl groups is 1. The first-order valence-electron chi connectivity index (χ1n) is 6.55. The SMILES string of the molecule is CCC(O)(c1cccc(F)c1)C1(C#N)CCOCC1. The zero-order valence-electron chi connectivity index (χ0n) is 11.0. The fourth-order valence-electron chi connectivity index (χ4n) is 2.90. The predicted octanol–water partition coefficient (Wildman–Crippen LogP) is 2.74. The molecule has 1 aromatic rings. The van der Waals surface area contributed by atoms with Crippen molar-refractivity contribution in [2.45, 2.75) is 31.8 Å². The number of nitriles is 1. The molecule has 0 amide bonds. The zero-order chi connectivity index (χ0) is 13.9. The highest BCUT2D eigenvalue weighted by Gasteiger charge is 2.51. The Hall–Kier alpha value is -1.44. The van der Waals surface area contributed by atoms with Crippen molar-refractivity contribution in [1.29, 1.82) is 5.26 Å². The highest BCUT2D eigenvalue weighted by atomic mass is 19.1. The van der Waals surface area contributed by atoms with Crippen molar-refractivity contribution in [3.63, 3.8) is 0 Å². The van der Waals surface area contributed by atoms with Crippen molar-refractivity contribution in [3.05, 3.63) is 35.6 Å². The summed E-state index contributed by atoms with van der Waals surface area (Å²) in [7, 11) is 0. The average molecular weight is 263 g/mol. The summed E-state index contributed by atoms with van der Waals surface area (Å²) in [5, 5.41) is 20.6. The van der Waals surface area contributed by atoms with E-state index >= 15 is 0 Å². The first-order chi connectivity index (χ1) is 9.08. The van der Waals surface area contributed by atoms with Gasteiger partial charge in [0.1, 0.15) is 11.4 Å². The third-order valence-electron chi connectivity index (χ3n) is 4.17. The van der Waals surface area contributed by atoms with Gasteiger partial charge < -0.3 is 9.84 Å². The maximum absolute atomic E-state index is 13.4. The van der Waals surface area contributed by atoms with Crippen molar-refractivity contribution in [1.82, 2.24) is 0 Å². The van der Waals surface area contributed by atoms with E-state index in [1.54, 1.807) is 12.1 Å². The van der Waals surface area contributed by atoms with Crippen molar-refractivity contribution >= 4 is 0 Å². The quantitative estimate of drug-likeness (QED) is 0.912. The smallest absolute Gasteiger partial charge is 0.123 e. The van der Waals surface area contributed by atoms with Crippen LogP contribution in [0.25, 0.3) is 0 Å². The van der Waals surface area contributed by atoms with Crippen LogP contribution in [0.5, 0.6) is 0 Å². The van der Waals surface area contributed by atoms with E-state index in [1.807, 2.05) is 6.92 Å². The standard InChI is InChI=1S/C15H18FNO2/c1-2-15(18,12-4-3-5-13(16)10-12)14(11-17)6-8-19-9-7-14/h3-5,10,18H,2,6-9H2,1H3. The molecule has 1 unspecified atom stereocenters. The van der Waals surface area contributed by atoms with Crippen molar-refractivity contribution in [2.75, 3.05) is 13.2 Å². The molecule has 1 N–H and O–H groups in total. The van der Waals surface area contributed by atoms with Gasteiger partial charge in [0, 0.05) is 13.2 Å². The lowest BCUT2D eigenvalue weighted by molar-refractivity contribution is -0.112. The first kappa shape index (κ1) is 14.0. The lowest BCUT2D eigenvalue weighted by Crippen LogP contribution is -2.48. The molecule has 19 heavy (non-hydrogen) atoms. The molecule has 1 aromatic carbocycles. The van der Waals surface area contributed by atoms with Crippen LogP contribution in [0.3, 0.4) is 0 Å². The Balaban J connectivity index is 2.49. The van der Waals surface area contributed by atoms with Gasteiger partial charge in [0.2, 0.25) is 0 Å². The molecule has 2 rings (SSSR count). The van der Waals surface area contributed by atoms with Gasteiger partial charge in [0.25, 0.3) is 0 Å². The lowest BCUT2D eigenvalue weighted by atomic mass is 9.63. The normalized spacial score (nSPS) is 21.4. The third kappa shape index (κ3) is 2.24. The Morgan fingerprint density at radius 1 is 1.47 bits per heavy atom. The van der Waals surface area contributed by atoms with Gasteiger partial charge in [-0.05, 0) is 37.0 Å². The van der Waals surface area contributed by atoms with E-state index in [4.69, 9.17) is 4.74 Å². The second-order valence-corrected chi connectivity index (χ2v) is 5.03. The summed E-state index contributed by atoms with van der Waals surface area (Å²) in [5.74, 6) is -0.399. The molecule has 102 valence electrons. The molecular weight excluding hydrogens is 245 g/mol. The van der Waals surface area contributed by atoms with Gasteiger partial charge in [-0.3, -0.25) is 0 Å². The summed E-state index contributed by atoms with van der Waals surface area (Å²) < 4.78 is 18.7. The number of halogens is 1. The van der Waals surface area contributed by atoms with Gasteiger partial charge in [0.15, 0.2) is 0 Å². The Morgan fingerprint density at radius 3 is 2.68 bits per heavy atom. The Labute approximate surface area is 112 Å². The maximum Gasteiger partial charge on any atom is 0.123 e. The second kappa shape index (κ2) is 5.28. The molecule has 0 aromatic heterocycles. The average Bonchev–Trinajstić information content (AvgIpc) is 2.47. The molecule has 0 spiro atoms. The summed E-state index contributed by atoms with van der Waals surface area (Å²) in [4.78, 5) is 0. The van der Waals surface area contributed by atoms with Crippen LogP contribution in [0, 0.1) is 22.6 Å². The van der Waals surface area contributed by atoms with E-state index in [9.17, 15) is 14.8 Å². The van der Waals surface area contributed by atoms with Gasteiger partial charge in [-0.15, -0.1) is 0 Å². The van der Waals surface area contributed by atoms with E-state index in [0.717, 1.165) is 0 Å². The fourth-order valence-corrected chi connectivity index (χ4v) is 2.90. The summed E-state index contributed by atoms with van der Waals surface area (Å²) in [6.45, 7) is 2.72. The monoisotopic (exact) mass is 263 g/mol. The number of nitrogens with zero attached hydrogens (tertiary/aromatic N) is 1. The van der Waals surface area contributed by atoms with E-state index < -0.39 is 16.8 Å². The first-order valence-corrected chi connectivity index (χ1v) is 6.55. The van der Waals surface area contributed by atoms with E-state index in [0.29, 0.717) is 38.0 Å². The molecule has 1 aliphatic rings. The highest BCUT2D eigenvalue weighted by molar-refractivity contribution is 5.30. The molecule has 0 aliphatic carbocycles. The molecule has 1 heterocycles. The minimum Gasteiger partial charge on any atom is -0.383 e. The lowest BCUT2D eigenvalue weighted by Gasteiger charge is -2.44. The topological polar surface area (TPSA) is 53.2 Å². The van der Waals surface area contributed by atoms with Crippen LogP contribution in [0.1, 0.15) is 31.7 Å². The molecule has 0 radical (unpaired) electrons. The Kier molecular flexibility index (Phi) is 3.88. The molecule has 0 saturated carbocycles. The van der Waals surface area contributed by atoms with Gasteiger partial charge in [0.05, 0.1) is 11.5 Å². The molecule has 4 heteroatoms. The number of hydrogen-bond acceptors (Lipinski definition) is 3. The van der Waals surface area contributed by atoms with Crippen LogP contribution < -0.4 is 0 Å². The van der Waals surface area contributed by atoms with Crippen molar-refractivity contribution in [2.24, 2.45) is 5.41 Å². The van der Waals surface area contributed by atoms with E-state index in [1.165, 1.54) is 12.1 Å². The number of hydrogen-bond donors (Lipinski definition) is 1. The molecule has 1 fully saturated rings. The second-order valence-electron chi connectivity index (χ2n) is 5.03. The molecule has 3 nitrogen and oxygen atoms in total. The van der Waals surface area contributed by atoms with E-state index in [-0.39, 0.29) is 0 Å². The summed E-state index contributed by atoms with van der Waals surface area (Å²) in [6.07, 6.45) is 1.29. The molecule has 0 bridgehead atoms. The highest BCUT2D eigenvalue weighted by Crippen LogP contribution is 2.48. The number of benzene rings is 1. The summed E-state index contributed by atoms with van der Waals surface area (Å²) in [5.41, 5.74) is -1.78. The summed E-state index contributed by atoms with van der Waals surface area (Å²) in [6, 6.07) is 8.17. The van der Waals surface area contributed by atoms with Crippen molar-refractivity contribution < 1.29 is 14.2 Å². The Morgan fingerprint density at radius 2 is 2.16 bits per heavy atom. The van der Waals surface area contributed by atoms with Crippen LogP contribution in [0.2, 0.25) is 0 Å². The van der Waals surface area contributed by atoms with Crippen molar-refractivity contribution in [3.8, 4) is 6.07 Å². The Bertz CT molecular complexity index is 491. The minimum absolute atomic E-state index is 0.365. The number of ether oxygens (including phenoxy) is 1. The van der Waals surface area contributed by atoms with Gasteiger partial charge in [-0.1, -0.05) is 19.1 Å². The third-order valence-corrected chi connectivity index (χ3v) is 4.17. The maximum atomic E-state index is 13.4. The predicted molar refractivity (Wildman–Crippen MR) is 68.7 cm³/mol.